The maximum Gasteiger partial charge on any atom is 0.165 e. The minimum Gasteiger partial charge on any atom is -0.307 e. The lowest BCUT2D eigenvalue weighted by molar-refractivity contribution is 0.460. The van der Waals surface area contributed by atoms with Crippen LogP contribution in [0.5, 0.6) is 0 Å². The summed E-state index contributed by atoms with van der Waals surface area (Å²) in [5.41, 5.74) is 0. The van der Waals surface area contributed by atoms with Crippen molar-refractivity contribution in [3.05, 3.63) is 5.82 Å². The minimum atomic E-state index is 0.693. The molecule has 0 spiro atoms. The second-order valence-corrected chi connectivity index (χ2v) is 4.66. The molecular weight excluding hydrogens is 190 g/mol. The predicted molar refractivity (Wildman–Crippen MR) is 57.1 cm³/mol. The van der Waals surface area contributed by atoms with Crippen molar-refractivity contribution in [2.75, 3.05) is 0 Å². The van der Waals surface area contributed by atoms with E-state index in [1.54, 1.807) is 0 Å². The molecule has 1 saturated carbocycles. The number of hydrogen-bond acceptors (Lipinski definition) is 4. The highest BCUT2D eigenvalue weighted by atomic mass is 15.5. The minimum absolute atomic E-state index is 0.693. The molecule has 1 aliphatic carbocycles. The van der Waals surface area contributed by atoms with Crippen molar-refractivity contribution in [1.82, 2.24) is 25.5 Å². The number of hydrogen-bond donors (Lipinski definition) is 1. The van der Waals surface area contributed by atoms with Crippen molar-refractivity contribution in [3.8, 4) is 0 Å². The Labute approximate surface area is 90.2 Å². The second-order valence-electron chi connectivity index (χ2n) is 4.66. The number of aromatic nitrogens is 4. The molecule has 0 aliphatic heterocycles. The Morgan fingerprint density at radius 2 is 2.27 bits per heavy atom. The predicted octanol–water partition coefficient (Wildman–Crippen LogP) is 0.971. The first-order chi connectivity index (χ1) is 7.25. The number of aryl methyl sites for hydroxylation is 1. The third-order valence-electron chi connectivity index (χ3n) is 2.65. The van der Waals surface area contributed by atoms with Crippen LogP contribution in [0.25, 0.3) is 0 Å². The van der Waals surface area contributed by atoms with Crippen LogP contribution in [0.15, 0.2) is 0 Å². The molecule has 0 aromatic carbocycles. The highest BCUT2D eigenvalue weighted by Crippen LogP contribution is 2.18. The molecule has 15 heavy (non-hydrogen) atoms. The Bertz CT molecular complexity index is 282. The maximum atomic E-state index is 4.03. The SMILES string of the molecule is CC(C)CCn1nnnc1CNC1CC1. The van der Waals surface area contributed by atoms with Gasteiger partial charge in [-0.05, 0) is 35.6 Å². The van der Waals surface area contributed by atoms with Gasteiger partial charge in [-0.3, -0.25) is 0 Å². The summed E-state index contributed by atoms with van der Waals surface area (Å²) in [6, 6.07) is 0.709. The van der Waals surface area contributed by atoms with E-state index in [1.807, 2.05) is 4.68 Å². The standard InChI is InChI=1S/C10H19N5/c1-8(2)5-6-15-10(12-13-14-15)7-11-9-3-4-9/h8-9,11H,3-7H2,1-2H3. The number of nitrogens with zero attached hydrogens (tertiary/aromatic N) is 4. The van der Waals surface area contributed by atoms with Crippen LogP contribution in [0.3, 0.4) is 0 Å². The average Bonchev–Trinajstić information content (AvgIpc) is 2.92. The van der Waals surface area contributed by atoms with Crippen LogP contribution >= 0.6 is 0 Å². The first-order valence-electron chi connectivity index (χ1n) is 5.74. The summed E-state index contributed by atoms with van der Waals surface area (Å²) in [6.45, 7) is 6.15. The monoisotopic (exact) mass is 209 g/mol. The van der Waals surface area contributed by atoms with Crippen molar-refractivity contribution in [1.29, 1.82) is 0 Å². The third kappa shape index (κ3) is 3.27. The number of rotatable bonds is 6. The quantitative estimate of drug-likeness (QED) is 0.758. The van der Waals surface area contributed by atoms with Gasteiger partial charge in [0, 0.05) is 12.6 Å². The van der Waals surface area contributed by atoms with Crippen LogP contribution in [0.2, 0.25) is 0 Å². The van der Waals surface area contributed by atoms with Gasteiger partial charge in [-0.1, -0.05) is 13.8 Å². The van der Waals surface area contributed by atoms with E-state index in [0.717, 1.165) is 25.3 Å². The van der Waals surface area contributed by atoms with E-state index in [4.69, 9.17) is 0 Å². The lowest BCUT2D eigenvalue weighted by Crippen LogP contribution is -2.19. The molecule has 0 amide bonds. The highest BCUT2D eigenvalue weighted by molar-refractivity contribution is 4.86. The van der Waals surface area contributed by atoms with Crippen LogP contribution in [0.1, 0.15) is 38.9 Å². The maximum absolute atomic E-state index is 4.03. The Morgan fingerprint density at radius 1 is 1.47 bits per heavy atom. The van der Waals surface area contributed by atoms with Gasteiger partial charge in [-0.15, -0.1) is 5.10 Å². The van der Waals surface area contributed by atoms with Crippen LogP contribution in [-0.4, -0.2) is 26.2 Å². The van der Waals surface area contributed by atoms with Crippen molar-refractivity contribution in [2.24, 2.45) is 5.92 Å². The fourth-order valence-electron chi connectivity index (χ4n) is 1.43. The highest BCUT2D eigenvalue weighted by Gasteiger charge is 2.21. The molecule has 1 aromatic heterocycles. The molecule has 5 heteroatoms. The lowest BCUT2D eigenvalue weighted by atomic mass is 10.1. The summed E-state index contributed by atoms with van der Waals surface area (Å²) in [5.74, 6) is 1.65. The summed E-state index contributed by atoms with van der Waals surface area (Å²) in [7, 11) is 0. The van der Waals surface area contributed by atoms with E-state index in [-0.39, 0.29) is 0 Å². The Balaban J connectivity index is 1.83. The largest absolute Gasteiger partial charge is 0.307 e. The van der Waals surface area contributed by atoms with Gasteiger partial charge in [-0.25, -0.2) is 4.68 Å². The fourth-order valence-corrected chi connectivity index (χ4v) is 1.43. The summed E-state index contributed by atoms with van der Waals surface area (Å²) in [4.78, 5) is 0. The molecule has 84 valence electrons. The van der Waals surface area contributed by atoms with Gasteiger partial charge in [-0.2, -0.15) is 0 Å². The van der Waals surface area contributed by atoms with E-state index in [2.05, 4.69) is 34.7 Å². The van der Waals surface area contributed by atoms with E-state index in [9.17, 15) is 0 Å². The molecule has 1 heterocycles. The molecule has 0 bridgehead atoms. The fraction of sp³-hybridized carbons (Fsp3) is 0.900. The molecule has 0 saturated heterocycles. The van der Waals surface area contributed by atoms with Gasteiger partial charge in [0.2, 0.25) is 0 Å². The van der Waals surface area contributed by atoms with E-state index < -0.39 is 0 Å². The summed E-state index contributed by atoms with van der Waals surface area (Å²) in [5, 5.41) is 15.2. The number of nitrogens with one attached hydrogen (secondary N) is 1. The first-order valence-corrected chi connectivity index (χ1v) is 5.74. The zero-order chi connectivity index (χ0) is 10.7. The van der Waals surface area contributed by atoms with Gasteiger partial charge in [0.15, 0.2) is 5.82 Å². The first kappa shape index (κ1) is 10.5. The Kier molecular flexibility index (Phi) is 3.30. The average molecular weight is 209 g/mol. The van der Waals surface area contributed by atoms with Crippen molar-refractivity contribution < 1.29 is 0 Å². The van der Waals surface area contributed by atoms with Crippen molar-refractivity contribution in [3.63, 3.8) is 0 Å². The molecule has 1 aliphatic rings. The molecular formula is C10H19N5. The molecule has 5 nitrogen and oxygen atoms in total. The van der Waals surface area contributed by atoms with Gasteiger partial charge < -0.3 is 5.32 Å². The van der Waals surface area contributed by atoms with Crippen LogP contribution in [-0.2, 0) is 13.1 Å². The smallest absolute Gasteiger partial charge is 0.165 e. The summed E-state index contributed by atoms with van der Waals surface area (Å²) in [6.07, 6.45) is 3.72. The Morgan fingerprint density at radius 3 is 2.93 bits per heavy atom. The Hall–Kier alpha value is -0.970. The van der Waals surface area contributed by atoms with Gasteiger partial charge >= 0.3 is 0 Å². The van der Waals surface area contributed by atoms with Crippen LogP contribution in [0, 0.1) is 5.92 Å². The van der Waals surface area contributed by atoms with E-state index in [0.29, 0.717) is 12.0 Å². The zero-order valence-corrected chi connectivity index (χ0v) is 9.48. The van der Waals surface area contributed by atoms with Crippen molar-refractivity contribution >= 4 is 0 Å². The molecule has 2 rings (SSSR count). The number of tetrazole rings is 1. The molecule has 0 radical (unpaired) electrons. The molecule has 0 unspecified atom stereocenters. The molecule has 0 atom stereocenters. The van der Waals surface area contributed by atoms with Gasteiger partial charge in [0.25, 0.3) is 0 Å². The summed E-state index contributed by atoms with van der Waals surface area (Å²) < 4.78 is 1.91. The van der Waals surface area contributed by atoms with E-state index in [1.165, 1.54) is 12.8 Å². The molecule has 1 fully saturated rings. The molecule has 1 aromatic rings. The van der Waals surface area contributed by atoms with Gasteiger partial charge in [0.1, 0.15) is 0 Å². The second kappa shape index (κ2) is 4.70. The zero-order valence-electron chi connectivity index (χ0n) is 9.48. The topological polar surface area (TPSA) is 55.6 Å². The van der Waals surface area contributed by atoms with E-state index >= 15 is 0 Å². The van der Waals surface area contributed by atoms with Crippen LogP contribution < -0.4 is 5.32 Å². The normalized spacial score (nSPS) is 16.2. The lowest BCUT2D eigenvalue weighted by Gasteiger charge is -2.06. The summed E-state index contributed by atoms with van der Waals surface area (Å²) >= 11 is 0. The molecule has 1 N–H and O–H groups in total. The third-order valence-corrected chi connectivity index (χ3v) is 2.65. The van der Waals surface area contributed by atoms with Crippen molar-refractivity contribution in [2.45, 2.75) is 52.2 Å². The van der Waals surface area contributed by atoms with Crippen LogP contribution in [0.4, 0.5) is 0 Å². The van der Waals surface area contributed by atoms with Gasteiger partial charge in [0.05, 0.1) is 6.54 Å².